The largest absolute Gasteiger partial charge is 0.374 e. The Bertz CT molecular complexity index is 298. The Balaban J connectivity index is 2.42. The fraction of sp³-hybridized carbons (Fsp3) is 0.818. The molecule has 0 saturated carbocycles. The molecule has 0 fully saturated rings. The number of nitrogens with one attached hydrogen (secondary N) is 1. The zero-order valence-electron chi connectivity index (χ0n) is 10.7. The van der Waals surface area contributed by atoms with Gasteiger partial charge in [0.25, 0.3) is 0 Å². The van der Waals surface area contributed by atoms with Gasteiger partial charge in [0, 0.05) is 24.6 Å². The Morgan fingerprint density at radius 1 is 1.44 bits per heavy atom. The van der Waals surface area contributed by atoms with Crippen LogP contribution < -0.4 is 5.32 Å². The van der Waals surface area contributed by atoms with Gasteiger partial charge in [0.2, 0.25) is 0 Å². The lowest BCUT2D eigenvalue weighted by molar-refractivity contribution is 0.300. The van der Waals surface area contributed by atoms with Gasteiger partial charge in [-0.1, -0.05) is 18.3 Å². The molecule has 0 aromatic carbocycles. The van der Waals surface area contributed by atoms with E-state index in [9.17, 15) is 0 Å². The van der Waals surface area contributed by atoms with Crippen LogP contribution in [0.2, 0.25) is 0 Å². The molecule has 0 radical (unpaired) electrons. The smallest absolute Gasteiger partial charge is 0.134 e. The average molecular weight is 242 g/mol. The Morgan fingerprint density at radius 3 is 2.81 bits per heavy atom. The predicted octanol–water partition coefficient (Wildman–Crippen LogP) is 2.45. The highest BCUT2D eigenvalue weighted by Crippen LogP contribution is 2.18. The maximum Gasteiger partial charge on any atom is 0.134 e. The molecule has 0 bridgehead atoms. The molecule has 0 saturated heterocycles. The first-order valence-electron chi connectivity index (χ1n) is 5.87. The average Bonchev–Trinajstić information content (AvgIpc) is 2.63. The number of aromatic nitrogens is 2. The van der Waals surface area contributed by atoms with Crippen molar-refractivity contribution in [3.63, 3.8) is 0 Å². The van der Waals surface area contributed by atoms with Gasteiger partial charge in [-0.2, -0.15) is 0 Å². The summed E-state index contributed by atoms with van der Waals surface area (Å²) in [6.07, 6.45) is 1.23. The summed E-state index contributed by atoms with van der Waals surface area (Å²) in [6.45, 7) is 9.51. The van der Waals surface area contributed by atoms with E-state index < -0.39 is 0 Å². The standard InChI is InChI=1S/C11H22N4S/c1-5-12-11-10(13-14-16-11)8-15(4)7-6-9(2)3/h9,12H,5-8H2,1-4H3. The zero-order chi connectivity index (χ0) is 12.0. The van der Waals surface area contributed by atoms with Crippen LogP contribution in [0.4, 0.5) is 5.00 Å². The van der Waals surface area contributed by atoms with E-state index >= 15 is 0 Å². The van der Waals surface area contributed by atoms with Crippen molar-refractivity contribution in [1.29, 1.82) is 0 Å². The van der Waals surface area contributed by atoms with Crippen LogP contribution in [-0.2, 0) is 6.54 Å². The summed E-state index contributed by atoms with van der Waals surface area (Å²) in [6, 6.07) is 0. The Labute approximate surface area is 102 Å². The zero-order valence-corrected chi connectivity index (χ0v) is 11.5. The van der Waals surface area contributed by atoms with E-state index in [1.165, 1.54) is 18.0 Å². The van der Waals surface area contributed by atoms with Crippen LogP contribution in [0.25, 0.3) is 0 Å². The monoisotopic (exact) mass is 242 g/mol. The molecule has 16 heavy (non-hydrogen) atoms. The van der Waals surface area contributed by atoms with Crippen molar-refractivity contribution in [2.45, 2.75) is 33.7 Å². The fourth-order valence-electron chi connectivity index (χ4n) is 1.42. The quantitative estimate of drug-likeness (QED) is 0.797. The SMILES string of the molecule is CCNc1snnc1CN(C)CCC(C)C. The summed E-state index contributed by atoms with van der Waals surface area (Å²) >= 11 is 1.44. The molecule has 0 unspecified atom stereocenters. The second-order valence-corrected chi connectivity index (χ2v) is 5.25. The van der Waals surface area contributed by atoms with E-state index in [0.29, 0.717) is 0 Å². The number of nitrogens with zero attached hydrogens (tertiary/aromatic N) is 3. The molecule has 0 aliphatic rings. The first kappa shape index (κ1) is 13.4. The van der Waals surface area contributed by atoms with E-state index in [2.05, 4.69) is 47.6 Å². The predicted molar refractivity (Wildman–Crippen MR) is 69.9 cm³/mol. The molecular formula is C11H22N4S. The highest BCUT2D eigenvalue weighted by Gasteiger charge is 2.09. The lowest BCUT2D eigenvalue weighted by Crippen LogP contribution is -2.21. The maximum absolute atomic E-state index is 4.17. The minimum atomic E-state index is 0.754. The molecule has 1 N–H and O–H groups in total. The molecule has 4 nitrogen and oxygen atoms in total. The van der Waals surface area contributed by atoms with Crippen molar-refractivity contribution < 1.29 is 0 Å². The first-order valence-corrected chi connectivity index (χ1v) is 6.64. The molecule has 1 aromatic heterocycles. The molecule has 1 heterocycles. The Kier molecular flexibility index (Phi) is 5.69. The van der Waals surface area contributed by atoms with Crippen molar-refractivity contribution in [2.24, 2.45) is 5.92 Å². The normalized spacial score (nSPS) is 11.4. The van der Waals surface area contributed by atoms with Gasteiger partial charge in [0.1, 0.15) is 10.7 Å². The van der Waals surface area contributed by atoms with E-state index in [1.807, 2.05) is 0 Å². The van der Waals surface area contributed by atoms with Gasteiger partial charge in [0.05, 0.1) is 0 Å². The highest BCUT2D eigenvalue weighted by molar-refractivity contribution is 7.10. The lowest BCUT2D eigenvalue weighted by Gasteiger charge is -2.16. The minimum absolute atomic E-state index is 0.754. The summed E-state index contributed by atoms with van der Waals surface area (Å²) < 4.78 is 3.99. The highest BCUT2D eigenvalue weighted by atomic mass is 32.1. The van der Waals surface area contributed by atoms with Crippen molar-refractivity contribution in [3.8, 4) is 0 Å². The van der Waals surface area contributed by atoms with Crippen LogP contribution in [0.5, 0.6) is 0 Å². The summed E-state index contributed by atoms with van der Waals surface area (Å²) in [5.74, 6) is 0.754. The van der Waals surface area contributed by atoms with Crippen LogP contribution in [0, 0.1) is 5.92 Å². The third kappa shape index (κ3) is 4.45. The number of anilines is 1. The molecule has 0 spiro atoms. The molecule has 1 rings (SSSR count). The fourth-order valence-corrected chi connectivity index (χ4v) is 2.06. The summed E-state index contributed by atoms with van der Waals surface area (Å²) in [4.78, 5) is 2.30. The summed E-state index contributed by atoms with van der Waals surface area (Å²) in [5.41, 5.74) is 1.07. The van der Waals surface area contributed by atoms with Crippen LogP contribution in [0.3, 0.4) is 0 Å². The van der Waals surface area contributed by atoms with E-state index in [1.54, 1.807) is 0 Å². The molecule has 92 valence electrons. The molecule has 0 atom stereocenters. The van der Waals surface area contributed by atoms with Gasteiger partial charge in [0.15, 0.2) is 0 Å². The molecule has 0 aliphatic heterocycles. The molecule has 1 aromatic rings. The lowest BCUT2D eigenvalue weighted by atomic mass is 10.1. The second-order valence-electron chi connectivity index (χ2n) is 4.50. The van der Waals surface area contributed by atoms with Crippen molar-refractivity contribution >= 4 is 16.5 Å². The van der Waals surface area contributed by atoms with Gasteiger partial charge in [-0.25, -0.2) is 0 Å². The second kappa shape index (κ2) is 6.81. The Hall–Kier alpha value is -0.680. The van der Waals surface area contributed by atoms with Crippen molar-refractivity contribution in [1.82, 2.24) is 14.5 Å². The maximum atomic E-state index is 4.17. The minimum Gasteiger partial charge on any atom is -0.374 e. The van der Waals surface area contributed by atoms with E-state index in [4.69, 9.17) is 0 Å². The first-order chi connectivity index (χ1) is 7.63. The van der Waals surface area contributed by atoms with Gasteiger partial charge < -0.3 is 10.2 Å². The number of rotatable bonds is 7. The molecule has 0 amide bonds. The van der Waals surface area contributed by atoms with Gasteiger partial charge >= 0.3 is 0 Å². The van der Waals surface area contributed by atoms with Crippen LogP contribution in [0.1, 0.15) is 32.9 Å². The van der Waals surface area contributed by atoms with Crippen LogP contribution in [-0.4, -0.2) is 34.6 Å². The summed E-state index contributed by atoms with van der Waals surface area (Å²) in [5, 5.41) is 8.57. The summed E-state index contributed by atoms with van der Waals surface area (Å²) in [7, 11) is 2.14. The molecular weight excluding hydrogens is 220 g/mol. The topological polar surface area (TPSA) is 41.1 Å². The Morgan fingerprint density at radius 2 is 2.19 bits per heavy atom. The van der Waals surface area contributed by atoms with Crippen molar-refractivity contribution in [2.75, 3.05) is 25.5 Å². The van der Waals surface area contributed by atoms with E-state index in [0.717, 1.165) is 36.2 Å². The number of hydrogen-bond acceptors (Lipinski definition) is 5. The number of hydrogen-bond donors (Lipinski definition) is 1. The van der Waals surface area contributed by atoms with E-state index in [-0.39, 0.29) is 0 Å². The van der Waals surface area contributed by atoms with Gasteiger partial charge in [-0.15, -0.1) is 5.10 Å². The van der Waals surface area contributed by atoms with Crippen LogP contribution in [0.15, 0.2) is 0 Å². The molecule has 0 aliphatic carbocycles. The van der Waals surface area contributed by atoms with Gasteiger partial charge in [-0.05, 0) is 32.9 Å². The third-order valence-corrected chi connectivity index (χ3v) is 3.13. The molecule has 5 heteroatoms. The van der Waals surface area contributed by atoms with Crippen molar-refractivity contribution in [3.05, 3.63) is 5.69 Å². The van der Waals surface area contributed by atoms with Crippen LogP contribution >= 0.6 is 11.5 Å². The van der Waals surface area contributed by atoms with Gasteiger partial charge in [-0.3, -0.25) is 0 Å². The third-order valence-electron chi connectivity index (χ3n) is 2.40.